The van der Waals surface area contributed by atoms with Crippen molar-refractivity contribution in [2.75, 3.05) is 26.0 Å². The van der Waals surface area contributed by atoms with Gasteiger partial charge in [-0.25, -0.2) is 0 Å². The molecule has 2 bridgehead atoms. The van der Waals surface area contributed by atoms with Crippen LogP contribution in [0.15, 0.2) is 30.3 Å². The molecular weight excluding hydrogens is 392 g/mol. The number of nitrogens with zero attached hydrogens (tertiary/aromatic N) is 1. The van der Waals surface area contributed by atoms with E-state index < -0.39 is 0 Å². The average Bonchev–Trinajstić information content (AvgIpc) is 2.73. The summed E-state index contributed by atoms with van der Waals surface area (Å²) in [5, 5.41) is 3.42. The zero-order valence-corrected chi connectivity index (χ0v) is 20.2. The van der Waals surface area contributed by atoms with Crippen molar-refractivity contribution in [1.29, 1.82) is 0 Å². The molecule has 1 heterocycles. The Morgan fingerprint density at radius 1 is 1.17 bits per heavy atom. The van der Waals surface area contributed by atoms with Crippen molar-refractivity contribution in [2.24, 2.45) is 17.3 Å². The number of alkyl halides is 1. The minimum atomic E-state index is -0.224. The van der Waals surface area contributed by atoms with Crippen molar-refractivity contribution in [2.45, 2.75) is 77.2 Å². The number of amides is 1. The molecule has 1 saturated heterocycles. The summed E-state index contributed by atoms with van der Waals surface area (Å²) in [5.74, 6) is 2.55. The third kappa shape index (κ3) is 5.05. The number of hydrogen-bond donors (Lipinski definition) is 1. The largest absolute Gasteiger partial charge is 0.342 e. The number of piperidine rings is 1. The third-order valence-corrected chi connectivity index (χ3v) is 7.70. The Bertz CT molecular complexity index is 686. The molecule has 4 unspecified atom stereocenters. The number of halogens is 1. The Kier molecular flexibility index (Phi) is 7.90. The molecule has 168 valence electrons. The molecule has 1 aromatic carbocycles. The first-order valence-corrected chi connectivity index (χ1v) is 12.5. The van der Waals surface area contributed by atoms with Gasteiger partial charge in [-0.1, -0.05) is 51.1 Å². The Morgan fingerprint density at radius 2 is 1.80 bits per heavy atom. The van der Waals surface area contributed by atoms with Crippen LogP contribution in [-0.4, -0.2) is 42.9 Å². The number of nitrogens with one attached hydrogen (secondary N) is 1. The van der Waals surface area contributed by atoms with E-state index in [1.165, 1.54) is 24.8 Å². The maximum atomic E-state index is 13.7. The molecule has 3 nitrogen and oxygen atoms in total. The minimum Gasteiger partial charge on any atom is -0.342 e. The highest BCUT2D eigenvalue weighted by atomic mass is 35.5. The number of hydrogen-bond acceptors (Lipinski definition) is 2. The Balaban J connectivity index is 0.000000806. The predicted molar refractivity (Wildman–Crippen MR) is 127 cm³/mol. The van der Waals surface area contributed by atoms with Gasteiger partial charge < -0.3 is 10.2 Å². The lowest BCUT2D eigenvalue weighted by Crippen LogP contribution is -2.55. The Hall–Kier alpha value is -1.06. The second-order valence-corrected chi connectivity index (χ2v) is 10.9. The smallest absolute Gasteiger partial charge is 0.228 e. The zero-order chi connectivity index (χ0) is 21.8. The van der Waals surface area contributed by atoms with Crippen LogP contribution in [0.4, 0.5) is 0 Å². The van der Waals surface area contributed by atoms with Gasteiger partial charge in [-0.15, -0.1) is 11.6 Å². The molecule has 3 fully saturated rings. The number of carbonyl (C=O) groups excluding carboxylic acids is 1. The first-order chi connectivity index (χ1) is 14.3. The van der Waals surface area contributed by atoms with Crippen molar-refractivity contribution in [3.63, 3.8) is 0 Å². The molecule has 1 aromatic rings. The van der Waals surface area contributed by atoms with Crippen molar-refractivity contribution in [1.82, 2.24) is 10.2 Å². The van der Waals surface area contributed by atoms with Crippen molar-refractivity contribution in [3.05, 3.63) is 35.9 Å². The lowest BCUT2D eigenvalue weighted by molar-refractivity contribution is -0.149. The molecule has 1 aliphatic heterocycles. The summed E-state index contributed by atoms with van der Waals surface area (Å²) in [6.45, 7) is 8.64. The highest BCUT2D eigenvalue weighted by molar-refractivity contribution is 6.17. The van der Waals surface area contributed by atoms with Crippen LogP contribution in [0.1, 0.15) is 71.3 Å². The molecule has 1 N–H and O–H groups in total. The zero-order valence-electron chi connectivity index (χ0n) is 19.4. The van der Waals surface area contributed by atoms with E-state index in [9.17, 15) is 4.79 Å². The van der Waals surface area contributed by atoms with Gasteiger partial charge in [0.15, 0.2) is 0 Å². The van der Waals surface area contributed by atoms with Gasteiger partial charge in [-0.2, -0.15) is 0 Å². The molecule has 0 aromatic heterocycles. The molecule has 2 aliphatic carbocycles. The van der Waals surface area contributed by atoms with Crippen molar-refractivity contribution in [3.8, 4) is 0 Å². The van der Waals surface area contributed by atoms with Crippen LogP contribution in [0.2, 0.25) is 0 Å². The molecular formula is C26H41ClN2O. The fourth-order valence-electron chi connectivity index (χ4n) is 6.87. The number of benzene rings is 1. The summed E-state index contributed by atoms with van der Waals surface area (Å²) < 4.78 is 0. The predicted octanol–water partition coefficient (Wildman–Crippen LogP) is 5.62. The second kappa shape index (κ2) is 10.0. The fourth-order valence-corrected chi connectivity index (χ4v) is 6.87. The number of rotatable bonds is 3. The molecule has 30 heavy (non-hydrogen) atoms. The fraction of sp³-hybridized carbons (Fsp3) is 0.731. The van der Waals surface area contributed by atoms with Crippen molar-refractivity contribution >= 4 is 17.5 Å². The van der Waals surface area contributed by atoms with Gasteiger partial charge in [0, 0.05) is 24.4 Å². The van der Waals surface area contributed by atoms with E-state index in [4.69, 9.17) is 11.6 Å². The van der Waals surface area contributed by atoms with E-state index in [0.29, 0.717) is 17.9 Å². The van der Waals surface area contributed by atoms with E-state index >= 15 is 0 Å². The maximum absolute atomic E-state index is 13.7. The monoisotopic (exact) mass is 432 g/mol. The van der Waals surface area contributed by atoms with Gasteiger partial charge in [0.25, 0.3) is 0 Å². The first-order valence-electron chi connectivity index (χ1n) is 11.9. The molecule has 0 radical (unpaired) electrons. The van der Waals surface area contributed by atoms with E-state index in [1.807, 2.05) is 6.92 Å². The van der Waals surface area contributed by atoms with Crippen LogP contribution in [0, 0.1) is 17.3 Å². The summed E-state index contributed by atoms with van der Waals surface area (Å²) in [4.78, 5) is 15.8. The molecule has 2 saturated carbocycles. The maximum Gasteiger partial charge on any atom is 0.228 e. The lowest BCUT2D eigenvalue weighted by Gasteiger charge is -2.55. The van der Waals surface area contributed by atoms with Gasteiger partial charge >= 0.3 is 0 Å². The summed E-state index contributed by atoms with van der Waals surface area (Å²) in [6.07, 6.45) is 8.04. The van der Waals surface area contributed by atoms with Gasteiger partial charge in [0.05, 0.1) is 0 Å². The summed E-state index contributed by atoms with van der Waals surface area (Å²) in [5.41, 5.74) is 1.42. The second-order valence-electron chi connectivity index (χ2n) is 10.4. The van der Waals surface area contributed by atoms with E-state index in [1.54, 1.807) is 0 Å². The summed E-state index contributed by atoms with van der Waals surface area (Å²) in [7, 11) is 2.06. The SMILES string of the molecule is CC1CC2CC(C)(C(=O)N(C)C3CCNCC3)CC(c3ccccc3)(C1)C2.CCCl. The molecule has 4 rings (SSSR count). The number of carbonyl (C=O) groups is 1. The standard InChI is InChI=1S/C24H36N2O.C2H5Cl/c1-18-13-19-15-23(2,22(27)26(3)21-9-11-25-12-10-21)17-24(14-18,16-19)20-7-5-4-6-8-20;1-2-3/h4-8,18-19,21,25H,9-17H2,1-3H3;2H2,1H3. The van der Waals surface area contributed by atoms with E-state index in [2.05, 4.69) is 61.4 Å². The van der Waals surface area contributed by atoms with Gasteiger partial charge in [0.1, 0.15) is 0 Å². The average molecular weight is 433 g/mol. The molecule has 1 amide bonds. The van der Waals surface area contributed by atoms with Gasteiger partial charge in [0.2, 0.25) is 5.91 Å². The summed E-state index contributed by atoms with van der Waals surface area (Å²) in [6, 6.07) is 11.5. The highest BCUT2D eigenvalue weighted by Crippen LogP contribution is 2.58. The van der Waals surface area contributed by atoms with E-state index in [0.717, 1.165) is 50.6 Å². The van der Waals surface area contributed by atoms with Crippen LogP contribution >= 0.6 is 11.6 Å². The van der Waals surface area contributed by atoms with Crippen LogP contribution in [0.25, 0.3) is 0 Å². The molecule has 3 aliphatic rings. The van der Waals surface area contributed by atoms with Crippen LogP contribution in [-0.2, 0) is 10.2 Å². The van der Waals surface area contributed by atoms with Gasteiger partial charge in [-0.05, 0) is 80.8 Å². The number of fused-ring (bicyclic) bond motifs is 2. The third-order valence-electron chi connectivity index (χ3n) is 7.70. The Labute approximate surface area is 188 Å². The summed E-state index contributed by atoms with van der Waals surface area (Å²) >= 11 is 5.00. The lowest BCUT2D eigenvalue weighted by atomic mass is 9.50. The first kappa shape index (κ1) is 23.6. The quantitative estimate of drug-likeness (QED) is 0.629. The molecule has 4 heteroatoms. The minimum absolute atomic E-state index is 0.182. The normalized spacial score (nSPS) is 33.9. The van der Waals surface area contributed by atoms with Gasteiger partial charge in [-0.3, -0.25) is 4.79 Å². The van der Waals surface area contributed by atoms with Crippen molar-refractivity contribution < 1.29 is 4.79 Å². The van der Waals surface area contributed by atoms with E-state index in [-0.39, 0.29) is 10.8 Å². The topological polar surface area (TPSA) is 32.3 Å². The van der Waals surface area contributed by atoms with Crippen LogP contribution in [0.3, 0.4) is 0 Å². The van der Waals surface area contributed by atoms with Crippen LogP contribution < -0.4 is 5.32 Å². The highest BCUT2D eigenvalue weighted by Gasteiger charge is 2.54. The molecule has 4 atom stereocenters. The Morgan fingerprint density at radius 3 is 2.43 bits per heavy atom. The van der Waals surface area contributed by atoms with Crippen LogP contribution in [0.5, 0.6) is 0 Å². The molecule has 0 spiro atoms.